The molecule has 2 aliphatic rings. The molecule has 0 radical (unpaired) electrons. The molecule has 2 aromatic carbocycles. The van der Waals surface area contributed by atoms with E-state index in [9.17, 15) is 14.4 Å². The van der Waals surface area contributed by atoms with Crippen molar-refractivity contribution in [1.82, 2.24) is 0 Å². The molecule has 0 spiro atoms. The Kier molecular flexibility index (Phi) is 6.43. The van der Waals surface area contributed by atoms with Crippen LogP contribution in [-0.2, 0) is 14.4 Å². The molecule has 35 heavy (non-hydrogen) atoms. The van der Waals surface area contributed by atoms with Gasteiger partial charge >= 0.3 is 0 Å². The largest absolute Gasteiger partial charge is 0.326 e. The van der Waals surface area contributed by atoms with E-state index in [2.05, 4.69) is 10.6 Å². The number of benzene rings is 2. The van der Waals surface area contributed by atoms with E-state index in [-0.39, 0.29) is 29.7 Å². The summed E-state index contributed by atoms with van der Waals surface area (Å²) in [6.07, 6.45) is 2.66. The van der Waals surface area contributed by atoms with E-state index in [0.29, 0.717) is 24.2 Å². The Labute approximate surface area is 209 Å². The van der Waals surface area contributed by atoms with Crippen LogP contribution in [0, 0.1) is 25.7 Å². The third-order valence-corrected chi connectivity index (χ3v) is 7.73. The fourth-order valence-corrected chi connectivity index (χ4v) is 5.49. The number of amides is 3. The van der Waals surface area contributed by atoms with Crippen molar-refractivity contribution in [2.24, 2.45) is 11.8 Å². The van der Waals surface area contributed by atoms with Gasteiger partial charge in [0.1, 0.15) is 0 Å². The van der Waals surface area contributed by atoms with Crippen LogP contribution in [0.3, 0.4) is 0 Å². The molecule has 0 bridgehead atoms. The van der Waals surface area contributed by atoms with Gasteiger partial charge in [-0.25, -0.2) is 0 Å². The molecule has 2 unspecified atom stereocenters. The van der Waals surface area contributed by atoms with Crippen molar-refractivity contribution in [2.45, 2.75) is 45.6 Å². The molecule has 7 heteroatoms. The Hall–Kier alpha value is -3.45. The molecular formula is C28H29N3O3S. The Morgan fingerprint density at radius 3 is 2.40 bits per heavy atom. The highest BCUT2D eigenvalue weighted by molar-refractivity contribution is 7.10. The van der Waals surface area contributed by atoms with Gasteiger partial charge < -0.3 is 15.5 Å². The number of hydrogen-bond acceptors (Lipinski definition) is 4. The Balaban J connectivity index is 1.42. The summed E-state index contributed by atoms with van der Waals surface area (Å²) in [7, 11) is 0. The van der Waals surface area contributed by atoms with Crippen molar-refractivity contribution in [3.63, 3.8) is 0 Å². The molecule has 1 aliphatic heterocycles. The summed E-state index contributed by atoms with van der Waals surface area (Å²) in [5.74, 6) is -0.368. The molecule has 1 saturated heterocycles. The number of carbonyl (C=O) groups is 3. The zero-order chi connectivity index (χ0) is 24.5. The van der Waals surface area contributed by atoms with Gasteiger partial charge in [0.2, 0.25) is 17.7 Å². The predicted octanol–water partition coefficient (Wildman–Crippen LogP) is 5.84. The number of nitrogens with one attached hydrogen (secondary N) is 2. The van der Waals surface area contributed by atoms with Crippen molar-refractivity contribution in [3.05, 3.63) is 76.0 Å². The quantitative estimate of drug-likeness (QED) is 0.459. The second kappa shape index (κ2) is 9.66. The number of carbonyl (C=O) groups excluding carboxylic acids is 3. The molecule has 1 aromatic heterocycles. The van der Waals surface area contributed by atoms with Crippen LogP contribution in [0.25, 0.3) is 0 Å². The fraction of sp³-hybridized carbons (Fsp3) is 0.321. The smallest absolute Gasteiger partial charge is 0.229 e. The number of hydrogen-bond donors (Lipinski definition) is 2. The lowest BCUT2D eigenvalue weighted by molar-refractivity contribution is -0.126. The third-order valence-electron chi connectivity index (χ3n) is 6.79. The van der Waals surface area contributed by atoms with Gasteiger partial charge in [0.05, 0.1) is 12.0 Å². The fourth-order valence-electron chi connectivity index (χ4n) is 4.61. The van der Waals surface area contributed by atoms with E-state index in [1.54, 1.807) is 16.2 Å². The van der Waals surface area contributed by atoms with Crippen LogP contribution in [0.2, 0.25) is 0 Å². The van der Waals surface area contributed by atoms with Crippen molar-refractivity contribution >= 4 is 46.1 Å². The molecule has 1 saturated carbocycles. The van der Waals surface area contributed by atoms with Crippen molar-refractivity contribution < 1.29 is 14.4 Å². The molecular weight excluding hydrogens is 458 g/mol. The minimum Gasteiger partial charge on any atom is -0.326 e. The first kappa shape index (κ1) is 23.3. The maximum absolute atomic E-state index is 13.7. The van der Waals surface area contributed by atoms with E-state index < -0.39 is 5.92 Å². The summed E-state index contributed by atoms with van der Waals surface area (Å²) in [6.45, 7) is 3.94. The first-order chi connectivity index (χ1) is 16.9. The molecule has 2 N–H and O–H groups in total. The van der Waals surface area contributed by atoms with Gasteiger partial charge in [0.25, 0.3) is 0 Å². The monoisotopic (exact) mass is 487 g/mol. The lowest BCUT2D eigenvalue weighted by atomic mass is 9.86. The Morgan fingerprint density at radius 2 is 1.71 bits per heavy atom. The normalized spacial score (nSPS) is 19.9. The van der Waals surface area contributed by atoms with Crippen molar-refractivity contribution in [2.75, 3.05) is 15.5 Å². The molecule has 3 amide bonds. The van der Waals surface area contributed by atoms with E-state index >= 15 is 0 Å². The second-order valence-electron chi connectivity index (χ2n) is 9.49. The molecule has 2 fully saturated rings. The van der Waals surface area contributed by atoms with Crippen LogP contribution in [0.4, 0.5) is 17.1 Å². The topological polar surface area (TPSA) is 78.5 Å². The third kappa shape index (κ3) is 5.00. The van der Waals surface area contributed by atoms with Crippen LogP contribution >= 0.6 is 11.3 Å². The van der Waals surface area contributed by atoms with Crippen molar-refractivity contribution in [1.29, 1.82) is 0 Å². The molecule has 2 heterocycles. The Morgan fingerprint density at radius 1 is 0.943 bits per heavy atom. The van der Waals surface area contributed by atoms with Gasteiger partial charge in [0.15, 0.2) is 0 Å². The second-order valence-corrected chi connectivity index (χ2v) is 10.5. The van der Waals surface area contributed by atoms with Gasteiger partial charge in [-0.2, -0.15) is 0 Å². The van der Waals surface area contributed by atoms with Gasteiger partial charge in [-0.3, -0.25) is 14.4 Å². The minimum absolute atomic E-state index is 0.0252. The lowest BCUT2D eigenvalue weighted by Crippen LogP contribution is -2.46. The van der Waals surface area contributed by atoms with Crippen LogP contribution in [0.1, 0.15) is 47.7 Å². The van der Waals surface area contributed by atoms with E-state index in [1.165, 1.54) is 0 Å². The molecule has 180 valence electrons. The summed E-state index contributed by atoms with van der Waals surface area (Å²) in [5.41, 5.74) is 4.18. The number of rotatable bonds is 6. The first-order valence-electron chi connectivity index (χ1n) is 12.1. The molecule has 2 atom stereocenters. The molecule has 6 nitrogen and oxygen atoms in total. The Bertz CT molecular complexity index is 1250. The standard InChI is InChI=1S/C28H29N3O3S/c1-17-5-11-21(12-6-17)31-25(32)14-13-22(26(31)24-4-3-15-35-24)28(34)30-23-16-20(10-7-18(23)2)29-27(33)19-8-9-19/h3-7,10-12,15-16,19,22,26H,8-9,13-14H2,1-2H3,(H,29,33)(H,30,34). The number of piperidine rings is 1. The SMILES string of the molecule is Cc1ccc(N2C(=O)CCC(C(=O)Nc3cc(NC(=O)C4CC4)ccc3C)C2c2cccs2)cc1. The number of thiophene rings is 1. The molecule has 3 aromatic rings. The first-order valence-corrected chi connectivity index (χ1v) is 12.9. The predicted molar refractivity (Wildman–Crippen MR) is 140 cm³/mol. The summed E-state index contributed by atoms with van der Waals surface area (Å²) < 4.78 is 0. The molecule has 5 rings (SSSR count). The van der Waals surface area contributed by atoms with E-state index in [4.69, 9.17) is 0 Å². The summed E-state index contributed by atoms with van der Waals surface area (Å²) in [4.78, 5) is 41.8. The maximum atomic E-state index is 13.7. The summed E-state index contributed by atoms with van der Waals surface area (Å²) >= 11 is 1.56. The van der Waals surface area contributed by atoms with Gasteiger partial charge in [0, 0.05) is 34.3 Å². The lowest BCUT2D eigenvalue weighted by Gasteiger charge is -2.40. The van der Waals surface area contributed by atoms with Crippen LogP contribution < -0.4 is 15.5 Å². The summed E-state index contributed by atoms with van der Waals surface area (Å²) in [5, 5.41) is 8.03. The maximum Gasteiger partial charge on any atom is 0.229 e. The number of aryl methyl sites for hydroxylation is 2. The van der Waals surface area contributed by atoms with Gasteiger partial charge in [-0.15, -0.1) is 11.3 Å². The summed E-state index contributed by atoms with van der Waals surface area (Å²) in [6, 6.07) is 17.0. The highest BCUT2D eigenvalue weighted by Crippen LogP contribution is 2.42. The van der Waals surface area contributed by atoms with Crippen molar-refractivity contribution in [3.8, 4) is 0 Å². The zero-order valence-electron chi connectivity index (χ0n) is 19.9. The average molecular weight is 488 g/mol. The highest BCUT2D eigenvalue weighted by atomic mass is 32.1. The number of anilines is 3. The number of nitrogens with zero attached hydrogens (tertiary/aromatic N) is 1. The average Bonchev–Trinajstić information content (AvgIpc) is 3.56. The van der Waals surface area contributed by atoms with E-state index in [1.807, 2.05) is 73.8 Å². The molecule has 1 aliphatic carbocycles. The van der Waals surface area contributed by atoms with Crippen LogP contribution in [0.5, 0.6) is 0 Å². The highest BCUT2D eigenvalue weighted by Gasteiger charge is 2.42. The zero-order valence-corrected chi connectivity index (χ0v) is 20.7. The van der Waals surface area contributed by atoms with E-state index in [0.717, 1.165) is 34.5 Å². The van der Waals surface area contributed by atoms with Gasteiger partial charge in [-0.1, -0.05) is 29.8 Å². The van der Waals surface area contributed by atoms with Crippen LogP contribution in [-0.4, -0.2) is 17.7 Å². The van der Waals surface area contributed by atoms with Crippen LogP contribution in [0.15, 0.2) is 60.0 Å². The minimum atomic E-state index is -0.406. The van der Waals surface area contributed by atoms with Gasteiger partial charge in [-0.05, 0) is 74.4 Å².